The molecule has 4 rings (SSSR count). The molecule has 0 atom stereocenters. The van der Waals surface area contributed by atoms with Crippen molar-refractivity contribution in [2.24, 2.45) is 0 Å². The van der Waals surface area contributed by atoms with E-state index in [2.05, 4.69) is 34.5 Å². The molecule has 2 aromatic heterocycles. The van der Waals surface area contributed by atoms with Crippen LogP contribution in [0.4, 0.5) is 0 Å². The molecule has 4 aromatic rings. The quantitative estimate of drug-likeness (QED) is 0.170. The van der Waals surface area contributed by atoms with Gasteiger partial charge >= 0.3 is 0 Å². The summed E-state index contributed by atoms with van der Waals surface area (Å²) in [5.41, 5.74) is 4.99. The Bertz CT molecular complexity index is 1250. The Morgan fingerprint density at radius 3 is 1.13 bits per heavy atom. The molecule has 0 unspecified atom stereocenters. The molecule has 0 aliphatic rings. The predicted octanol–water partition coefficient (Wildman–Crippen LogP) is 6.97. The molecular formula is C32H40N6. The molecule has 0 bridgehead atoms. The van der Waals surface area contributed by atoms with Gasteiger partial charge in [-0.05, 0) is 37.1 Å². The van der Waals surface area contributed by atoms with Gasteiger partial charge in [0.25, 0.3) is 0 Å². The first-order valence-corrected chi connectivity index (χ1v) is 14.1. The molecule has 0 aliphatic heterocycles. The molecular weight excluding hydrogens is 468 g/mol. The van der Waals surface area contributed by atoms with Gasteiger partial charge in [-0.2, -0.15) is 10.2 Å². The highest BCUT2D eigenvalue weighted by Gasteiger charge is 2.03. The van der Waals surface area contributed by atoms with Crippen molar-refractivity contribution >= 4 is 0 Å². The second kappa shape index (κ2) is 14.8. The van der Waals surface area contributed by atoms with Gasteiger partial charge in [0.1, 0.15) is 11.0 Å². The molecule has 2 N–H and O–H groups in total. The number of unbranched alkanes of at least 4 members (excludes halogenated alkanes) is 9. The smallest absolute Gasteiger partial charge is 0.141 e. The summed E-state index contributed by atoms with van der Waals surface area (Å²) < 4.78 is 3.66. The zero-order valence-corrected chi connectivity index (χ0v) is 22.4. The van der Waals surface area contributed by atoms with E-state index in [-0.39, 0.29) is 0 Å². The highest BCUT2D eigenvalue weighted by atomic mass is 15.3. The van der Waals surface area contributed by atoms with E-state index < -0.39 is 0 Å². The zero-order chi connectivity index (χ0) is 26.4. The summed E-state index contributed by atoms with van der Waals surface area (Å²) in [7, 11) is 0. The zero-order valence-electron chi connectivity index (χ0n) is 22.4. The standard InChI is InChI=1S/C32H40N6/c33-31-23-21-29(27-17-11-9-12-18-27)35-37(31)25-15-7-5-3-1-2-4-6-8-16-26-38-32(34)24-22-30(36-38)28-19-13-10-14-20-28/h9-14,17-24,33-34H,1-8,15-16,25-26H2. The third kappa shape index (κ3) is 8.37. The van der Waals surface area contributed by atoms with Crippen LogP contribution in [0.1, 0.15) is 64.2 Å². The monoisotopic (exact) mass is 508 g/mol. The number of nitrogens with one attached hydrogen (secondary N) is 2. The molecule has 0 saturated heterocycles. The maximum atomic E-state index is 8.16. The van der Waals surface area contributed by atoms with Crippen LogP contribution < -0.4 is 11.0 Å². The third-order valence-electron chi connectivity index (χ3n) is 6.94. The predicted molar refractivity (Wildman–Crippen MR) is 153 cm³/mol. The fraction of sp³-hybridized carbons (Fsp3) is 0.375. The van der Waals surface area contributed by atoms with Crippen molar-refractivity contribution < 1.29 is 0 Å². The van der Waals surface area contributed by atoms with Crippen LogP contribution in [0.15, 0.2) is 84.9 Å². The number of nitrogens with zero attached hydrogens (tertiary/aromatic N) is 4. The topological polar surface area (TPSA) is 83.3 Å². The fourth-order valence-corrected chi connectivity index (χ4v) is 4.73. The minimum atomic E-state index is 0.474. The van der Waals surface area contributed by atoms with Gasteiger partial charge in [0.05, 0.1) is 11.4 Å². The summed E-state index contributed by atoms with van der Waals surface area (Å²) >= 11 is 0. The molecule has 38 heavy (non-hydrogen) atoms. The highest BCUT2D eigenvalue weighted by molar-refractivity contribution is 5.58. The summed E-state index contributed by atoms with van der Waals surface area (Å²) in [4.78, 5) is 0. The molecule has 2 aromatic carbocycles. The molecule has 2 heterocycles. The van der Waals surface area contributed by atoms with Crippen LogP contribution >= 0.6 is 0 Å². The maximum absolute atomic E-state index is 8.16. The van der Waals surface area contributed by atoms with Crippen molar-refractivity contribution in [3.8, 4) is 22.5 Å². The van der Waals surface area contributed by atoms with Gasteiger partial charge in [-0.1, -0.05) is 112 Å². The molecule has 0 aliphatic carbocycles. The van der Waals surface area contributed by atoms with Crippen LogP contribution in [0.2, 0.25) is 0 Å². The van der Waals surface area contributed by atoms with Crippen molar-refractivity contribution in [2.75, 3.05) is 0 Å². The summed E-state index contributed by atoms with van der Waals surface area (Å²) in [6.45, 7) is 1.61. The van der Waals surface area contributed by atoms with Crippen molar-refractivity contribution in [3.63, 3.8) is 0 Å². The summed E-state index contributed by atoms with van der Waals surface area (Å²) in [6.07, 6.45) is 12.2. The molecule has 0 radical (unpaired) electrons. The molecule has 6 heteroatoms. The summed E-state index contributed by atoms with van der Waals surface area (Å²) in [6, 6.07) is 27.9. The first-order chi connectivity index (χ1) is 18.7. The SMILES string of the molecule is N=c1ccc(-c2ccccc2)nn1CCCCCCCCCCCCn1nc(-c2ccccc2)ccc1=N. The normalized spacial score (nSPS) is 11.1. The van der Waals surface area contributed by atoms with Gasteiger partial charge in [-0.15, -0.1) is 0 Å². The average Bonchev–Trinajstić information content (AvgIpc) is 2.96. The Balaban J connectivity index is 1.05. The lowest BCUT2D eigenvalue weighted by atomic mass is 10.1. The van der Waals surface area contributed by atoms with Crippen molar-refractivity contribution in [3.05, 3.63) is 95.9 Å². The largest absolute Gasteiger partial charge is 0.283 e. The summed E-state index contributed by atoms with van der Waals surface area (Å²) in [5, 5.41) is 25.7. The Morgan fingerprint density at radius 2 is 0.763 bits per heavy atom. The van der Waals surface area contributed by atoms with Gasteiger partial charge in [0.15, 0.2) is 0 Å². The molecule has 0 spiro atoms. The van der Waals surface area contributed by atoms with E-state index in [0.717, 1.165) is 48.4 Å². The number of aryl methyl sites for hydroxylation is 2. The Kier molecular flexibility index (Phi) is 10.6. The first kappa shape index (κ1) is 27.2. The Labute approximate surface area is 226 Å². The summed E-state index contributed by atoms with van der Waals surface area (Å²) in [5.74, 6) is 0. The number of hydrogen-bond acceptors (Lipinski definition) is 4. The van der Waals surface area contributed by atoms with E-state index in [1.165, 1.54) is 51.4 Å². The number of hydrogen-bond donors (Lipinski definition) is 2. The molecule has 0 fully saturated rings. The van der Waals surface area contributed by atoms with Crippen molar-refractivity contribution in [2.45, 2.75) is 77.3 Å². The Morgan fingerprint density at radius 1 is 0.421 bits per heavy atom. The van der Waals surface area contributed by atoms with Gasteiger partial charge in [0.2, 0.25) is 0 Å². The average molecular weight is 509 g/mol. The van der Waals surface area contributed by atoms with Crippen LogP contribution in [-0.2, 0) is 13.1 Å². The van der Waals surface area contributed by atoms with E-state index in [1.54, 1.807) is 0 Å². The van der Waals surface area contributed by atoms with Gasteiger partial charge in [0, 0.05) is 24.2 Å². The van der Waals surface area contributed by atoms with E-state index in [4.69, 9.17) is 10.8 Å². The van der Waals surface area contributed by atoms with Crippen molar-refractivity contribution in [1.29, 1.82) is 10.8 Å². The van der Waals surface area contributed by atoms with Crippen LogP contribution in [0.25, 0.3) is 22.5 Å². The lowest BCUT2D eigenvalue weighted by molar-refractivity contribution is 0.485. The van der Waals surface area contributed by atoms with Crippen molar-refractivity contribution in [1.82, 2.24) is 19.6 Å². The van der Waals surface area contributed by atoms with E-state index >= 15 is 0 Å². The van der Waals surface area contributed by atoms with Crippen LogP contribution in [0.5, 0.6) is 0 Å². The minimum Gasteiger partial charge on any atom is -0.283 e. The lowest BCUT2D eigenvalue weighted by Crippen LogP contribution is -2.22. The number of benzene rings is 2. The minimum absolute atomic E-state index is 0.474. The molecule has 0 saturated carbocycles. The van der Waals surface area contributed by atoms with Gasteiger partial charge < -0.3 is 0 Å². The van der Waals surface area contributed by atoms with E-state index in [1.807, 2.05) is 70.0 Å². The Hall–Kier alpha value is -3.80. The second-order valence-electron chi connectivity index (χ2n) is 9.92. The van der Waals surface area contributed by atoms with E-state index in [9.17, 15) is 0 Å². The van der Waals surface area contributed by atoms with Gasteiger partial charge in [-0.25, -0.2) is 9.36 Å². The van der Waals surface area contributed by atoms with Crippen LogP contribution in [-0.4, -0.2) is 19.6 Å². The fourth-order valence-electron chi connectivity index (χ4n) is 4.73. The third-order valence-corrected chi connectivity index (χ3v) is 6.94. The van der Waals surface area contributed by atoms with Crippen LogP contribution in [0, 0.1) is 10.8 Å². The lowest BCUT2D eigenvalue weighted by Gasteiger charge is -2.09. The molecule has 0 amide bonds. The van der Waals surface area contributed by atoms with Gasteiger partial charge in [-0.3, -0.25) is 10.8 Å². The second-order valence-corrected chi connectivity index (χ2v) is 9.92. The first-order valence-electron chi connectivity index (χ1n) is 14.1. The van der Waals surface area contributed by atoms with E-state index in [0.29, 0.717) is 11.0 Å². The van der Waals surface area contributed by atoms with Crippen LogP contribution in [0.3, 0.4) is 0 Å². The molecule has 198 valence electrons. The highest BCUT2D eigenvalue weighted by Crippen LogP contribution is 2.16. The molecule has 6 nitrogen and oxygen atoms in total. The number of aromatic nitrogens is 4. The maximum Gasteiger partial charge on any atom is 0.141 e. The number of rotatable bonds is 15.